The highest BCUT2D eigenvalue weighted by molar-refractivity contribution is 6.30. The zero-order valence-corrected chi connectivity index (χ0v) is 28.4. The predicted octanol–water partition coefficient (Wildman–Crippen LogP) is 8.44. The Kier molecular flexibility index (Phi) is 11.6. The van der Waals surface area contributed by atoms with E-state index in [1.165, 1.54) is 36.6 Å². The van der Waals surface area contributed by atoms with Crippen LogP contribution in [0.1, 0.15) is 84.9 Å². The van der Waals surface area contributed by atoms with Gasteiger partial charge in [0.25, 0.3) is 5.56 Å². The van der Waals surface area contributed by atoms with E-state index in [1.54, 1.807) is 13.1 Å². The third kappa shape index (κ3) is 8.34. The third-order valence-corrected chi connectivity index (χ3v) is 9.25. The van der Waals surface area contributed by atoms with Gasteiger partial charge < -0.3 is 14.6 Å². The lowest BCUT2D eigenvalue weighted by Crippen LogP contribution is -2.38. The van der Waals surface area contributed by atoms with Crippen LogP contribution in [0.4, 0.5) is 22.0 Å². The van der Waals surface area contributed by atoms with E-state index >= 15 is 8.78 Å². The zero-order valence-electron chi connectivity index (χ0n) is 27.6. The SMILES string of the molecule is Cc1cc(=O)n(C(CC(C)C)C(=O)C[C@@H](CC(=O)O)c2c(F)c(-c3c(C)cc(Cl)cc3C)cc(C(F)(F)F)c2F)cc1CCN1CCC1. The van der Waals surface area contributed by atoms with Gasteiger partial charge in [-0.3, -0.25) is 14.4 Å². The number of rotatable bonds is 13. The minimum Gasteiger partial charge on any atom is -0.481 e. The van der Waals surface area contributed by atoms with Gasteiger partial charge in [0.05, 0.1) is 18.0 Å². The van der Waals surface area contributed by atoms with Gasteiger partial charge in [0.1, 0.15) is 11.6 Å². The van der Waals surface area contributed by atoms with Crippen molar-refractivity contribution in [2.24, 2.45) is 5.92 Å². The summed E-state index contributed by atoms with van der Waals surface area (Å²) in [4.78, 5) is 41.6. The fourth-order valence-electron chi connectivity index (χ4n) is 6.53. The van der Waals surface area contributed by atoms with Gasteiger partial charge in [-0.25, -0.2) is 8.78 Å². The van der Waals surface area contributed by atoms with Crippen molar-refractivity contribution in [1.29, 1.82) is 0 Å². The van der Waals surface area contributed by atoms with Crippen LogP contribution >= 0.6 is 11.6 Å². The van der Waals surface area contributed by atoms with Gasteiger partial charge >= 0.3 is 12.1 Å². The minimum atomic E-state index is -5.27. The summed E-state index contributed by atoms with van der Waals surface area (Å²) >= 11 is 6.10. The second-order valence-corrected chi connectivity index (χ2v) is 13.6. The minimum absolute atomic E-state index is 0.0405. The van der Waals surface area contributed by atoms with Crippen molar-refractivity contribution < 1.29 is 36.6 Å². The average molecular weight is 695 g/mol. The van der Waals surface area contributed by atoms with Gasteiger partial charge in [-0.2, -0.15) is 13.2 Å². The molecule has 0 radical (unpaired) electrons. The molecule has 48 heavy (non-hydrogen) atoms. The highest BCUT2D eigenvalue weighted by atomic mass is 35.5. The van der Waals surface area contributed by atoms with Gasteiger partial charge in [0.15, 0.2) is 5.78 Å². The highest BCUT2D eigenvalue weighted by Crippen LogP contribution is 2.44. The van der Waals surface area contributed by atoms with E-state index in [9.17, 15) is 32.7 Å². The molecule has 1 aliphatic heterocycles. The molecule has 12 heteroatoms. The van der Waals surface area contributed by atoms with Gasteiger partial charge in [0, 0.05) is 47.3 Å². The second kappa shape index (κ2) is 14.9. The molecule has 0 bridgehead atoms. The van der Waals surface area contributed by atoms with E-state index in [-0.39, 0.29) is 22.9 Å². The maximum absolute atomic E-state index is 16.5. The number of likely N-dealkylation sites (tertiary alicyclic amines) is 1. The topological polar surface area (TPSA) is 79.6 Å². The second-order valence-electron chi connectivity index (χ2n) is 13.2. The molecule has 0 amide bonds. The van der Waals surface area contributed by atoms with E-state index in [2.05, 4.69) is 4.90 Å². The first-order valence-electron chi connectivity index (χ1n) is 15.9. The molecule has 0 aliphatic carbocycles. The molecule has 0 spiro atoms. The largest absolute Gasteiger partial charge is 0.481 e. The van der Waals surface area contributed by atoms with Crippen molar-refractivity contribution in [2.45, 2.75) is 84.9 Å². The Balaban J connectivity index is 1.85. The molecular weight excluding hydrogens is 655 g/mol. The molecule has 1 unspecified atom stereocenters. The number of aromatic nitrogens is 1. The summed E-state index contributed by atoms with van der Waals surface area (Å²) in [5.41, 5.74) is -1.76. The summed E-state index contributed by atoms with van der Waals surface area (Å²) in [6.07, 6.45) is -3.66. The number of pyridine rings is 1. The lowest BCUT2D eigenvalue weighted by Gasteiger charge is -2.31. The van der Waals surface area contributed by atoms with Crippen LogP contribution in [0.3, 0.4) is 0 Å². The molecule has 0 saturated carbocycles. The fraction of sp³-hybridized carbons (Fsp3) is 0.472. The molecule has 1 N–H and O–H groups in total. The number of carbonyl (C=O) groups is 2. The van der Waals surface area contributed by atoms with E-state index < -0.39 is 76.6 Å². The van der Waals surface area contributed by atoms with Gasteiger partial charge in [-0.1, -0.05) is 25.4 Å². The maximum atomic E-state index is 16.5. The van der Waals surface area contributed by atoms with Crippen molar-refractivity contribution in [3.8, 4) is 11.1 Å². The number of benzene rings is 2. The summed E-state index contributed by atoms with van der Waals surface area (Å²) in [7, 11) is 0. The summed E-state index contributed by atoms with van der Waals surface area (Å²) in [6.45, 7) is 11.1. The lowest BCUT2D eigenvalue weighted by molar-refractivity contribution is -0.140. The molecule has 1 aromatic heterocycles. The van der Waals surface area contributed by atoms with Crippen LogP contribution in [0.5, 0.6) is 0 Å². The predicted molar refractivity (Wildman–Crippen MR) is 175 cm³/mol. The number of hydrogen-bond acceptors (Lipinski definition) is 4. The van der Waals surface area contributed by atoms with Crippen LogP contribution in [-0.4, -0.2) is 46.0 Å². The van der Waals surface area contributed by atoms with E-state index in [4.69, 9.17) is 11.6 Å². The van der Waals surface area contributed by atoms with E-state index in [0.717, 1.165) is 37.2 Å². The number of carbonyl (C=O) groups excluding carboxylic acids is 1. The van der Waals surface area contributed by atoms with Gasteiger partial charge in [-0.05, 0) is 105 Å². The number of Topliss-reactive ketones (excluding diaryl/α,β-unsaturated/α-hetero) is 1. The number of aryl methyl sites for hydroxylation is 3. The molecule has 1 aliphatic rings. The van der Waals surface area contributed by atoms with Gasteiger partial charge in [0.2, 0.25) is 0 Å². The Morgan fingerprint density at radius 2 is 1.58 bits per heavy atom. The maximum Gasteiger partial charge on any atom is 0.419 e. The Hall–Kier alpha value is -3.57. The first-order chi connectivity index (χ1) is 22.4. The van der Waals surface area contributed by atoms with Crippen LogP contribution in [0.25, 0.3) is 11.1 Å². The van der Waals surface area contributed by atoms with Crippen LogP contribution in [0, 0.1) is 38.3 Å². The summed E-state index contributed by atoms with van der Waals surface area (Å²) in [5, 5.41) is 10.0. The molecule has 1 saturated heterocycles. The monoisotopic (exact) mass is 694 g/mol. The fourth-order valence-corrected chi connectivity index (χ4v) is 6.85. The summed E-state index contributed by atoms with van der Waals surface area (Å²) in [5.74, 6) is -7.61. The van der Waals surface area contributed by atoms with E-state index in [1.807, 2.05) is 13.8 Å². The molecule has 2 atom stereocenters. The van der Waals surface area contributed by atoms with Crippen LogP contribution < -0.4 is 5.56 Å². The van der Waals surface area contributed by atoms with Crippen molar-refractivity contribution in [2.75, 3.05) is 19.6 Å². The van der Waals surface area contributed by atoms with Crippen molar-refractivity contribution >= 4 is 23.4 Å². The smallest absolute Gasteiger partial charge is 0.419 e. The number of alkyl halides is 3. The lowest BCUT2D eigenvalue weighted by atomic mass is 9.83. The number of aliphatic carboxylic acids is 1. The number of hydrogen-bond donors (Lipinski definition) is 1. The van der Waals surface area contributed by atoms with Crippen LogP contribution in [0.2, 0.25) is 5.02 Å². The molecular formula is C36H40ClF5N2O4. The standard InChI is InChI=1S/C36H40ClF5N2O4/c1-19(2)11-28(44-18-23(20(3)14-30(44)46)7-10-43-8-6-9-43)29(45)15-24(16-31(47)48)33-34(38)26(17-27(35(33)39)36(40,41)42)32-21(4)12-25(37)13-22(32)5/h12-14,17-19,24,28H,6-11,15-16H2,1-5H3,(H,47,48)/t24-,28?/m0/s1. The first-order valence-corrected chi connectivity index (χ1v) is 16.3. The Bertz CT molecular complexity index is 1740. The molecule has 6 nitrogen and oxygen atoms in total. The summed E-state index contributed by atoms with van der Waals surface area (Å²) < 4.78 is 76.4. The molecule has 260 valence electrons. The molecule has 1 fully saturated rings. The normalized spacial score (nSPS) is 15.0. The van der Waals surface area contributed by atoms with Crippen LogP contribution in [-0.2, 0) is 22.2 Å². The summed E-state index contributed by atoms with van der Waals surface area (Å²) in [6, 6.07) is 3.48. The van der Waals surface area contributed by atoms with Gasteiger partial charge in [-0.15, -0.1) is 0 Å². The molecule has 2 heterocycles. The highest BCUT2D eigenvalue weighted by Gasteiger charge is 2.40. The van der Waals surface area contributed by atoms with Crippen molar-refractivity contribution in [1.82, 2.24) is 9.47 Å². The number of carboxylic acid groups (broad SMARTS) is 1. The Morgan fingerprint density at radius 3 is 2.10 bits per heavy atom. The quantitative estimate of drug-likeness (QED) is 0.182. The first kappa shape index (κ1) is 37.3. The van der Waals surface area contributed by atoms with E-state index in [0.29, 0.717) is 23.6 Å². The average Bonchev–Trinajstić information content (AvgIpc) is 2.91. The van der Waals surface area contributed by atoms with Crippen molar-refractivity contribution in [3.63, 3.8) is 0 Å². The number of carboxylic acids is 1. The molecule has 2 aromatic carbocycles. The zero-order chi connectivity index (χ0) is 35.7. The van der Waals surface area contributed by atoms with Crippen molar-refractivity contribution in [3.05, 3.63) is 90.9 Å². The molecule has 4 rings (SSSR count). The van der Waals surface area contributed by atoms with Crippen LogP contribution in [0.15, 0.2) is 35.3 Å². The number of ketones is 1. The Morgan fingerprint density at radius 1 is 0.958 bits per heavy atom. The third-order valence-electron chi connectivity index (χ3n) is 9.03. The number of halogens is 6. The molecule has 3 aromatic rings. The number of nitrogens with zero attached hydrogens (tertiary/aromatic N) is 2. The Labute approximate surface area is 281 Å².